The fourth-order valence-electron chi connectivity index (χ4n) is 1.52. The van der Waals surface area contributed by atoms with E-state index in [4.69, 9.17) is 10.5 Å². The molecule has 0 aliphatic rings. The van der Waals surface area contributed by atoms with Gasteiger partial charge in [0, 0.05) is 5.69 Å². The van der Waals surface area contributed by atoms with E-state index in [2.05, 4.69) is 10.3 Å². The van der Waals surface area contributed by atoms with Crippen molar-refractivity contribution < 1.29 is 9.18 Å². The minimum absolute atomic E-state index is 0.0502. The summed E-state index contributed by atoms with van der Waals surface area (Å²) in [5, 5.41) is 20.2. The van der Waals surface area contributed by atoms with Gasteiger partial charge in [0.2, 0.25) is 0 Å². The minimum Gasteiger partial charge on any atom is -0.321 e. The van der Waals surface area contributed by atoms with Gasteiger partial charge in [0.25, 0.3) is 5.91 Å². The van der Waals surface area contributed by atoms with Crippen molar-refractivity contribution in [3.8, 4) is 12.1 Å². The van der Waals surface area contributed by atoms with E-state index in [9.17, 15) is 9.18 Å². The molecule has 1 heterocycles. The first-order valence-electron chi connectivity index (χ1n) is 5.51. The van der Waals surface area contributed by atoms with Crippen LogP contribution in [0.15, 0.2) is 36.5 Å². The van der Waals surface area contributed by atoms with Gasteiger partial charge < -0.3 is 5.32 Å². The van der Waals surface area contributed by atoms with Crippen molar-refractivity contribution >= 4 is 11.6 Å². The summed E-state index contributed by atoms with van der Waals surface area (Å²) in [5.74, 6) is -1.06. The van der Waals surface area contributed by atoms with Gasteiger partial charge in [0.1, 0.15) is 23.6 Å². The Labute approximate surface area is 113 Å². The highest BCUT2D eigenvalue weighted by atomic mass is 19.1. The molecule has 0 radical (unpaired) electrons. The first-order chi connectivity index (χ1) is 9.63. The van der Waals surface area contributed by atoms with Crippen LogP contribution in [0.4, 0.5) is 10.1 Å². The molecule has 0 saturated carbocycles. The van der Waals surface area contributed by atoms with Gasteiger partial charge in [-0.3, -0.25) is 4.79 Å². The van der Waals surface area contributed by atoms with Crippen LogP contribution >= 0.6 is 0 Å². The molecular weight excluding hydrogens is 259 g/mol. The molecule has 0 spiro atoms. The molecule has 0 bridgehead atoms. The molecule has 5 nitrogen and oxygen atoms in total. The number of amides is 1. The molecule has 0 aliphatic carbocycles. The van der Waals surface area contributed by atoms with Crippen molar-refractivity contribution in [3.63, 3.8) is 0 Å². The molecule has 0 aliphatic heterocycles. The summed E-state index contributed by atoms with van der Waals surface area (Å²) < 4.78 is 12.7. The summed E-state index contributed by atoms with van der Waals surface area (Å²) >= 11 is 0. The van der Waals surface area contributed by atoms with Crippen molar-refractivity contribution in [2.45, 2.75) is 0 Å². The fraction of sp³-hybridized carbons (Fsp3) is 0. The number of hydrogen-bond donors (Lipinski definition) is 1. The largest absolute Gasteiger partial charge is 0.321 e. The summed E-state index contributed by atoms with van der Waals surface area (Å²) in [7, 11) is 0. The maximum atomic E-state index is 12.7. The van der Waals surface area contributed by atoms with Crippen LogP contribution in [0.25, 0.3) is 0 Å². The quantitative estimate of drug-likeness (QED) is 0.902. The zero-order valence-electron chi connectivity index (χ0n) is 10.1. The van der Waals surface area contributed by atoms with E-state index in [0.717, 1.165) is 12.3 Å². The molecule has 0 unspecified atom stereocenters. The smallest absolute Gasteiger partial charge is 0.274 e. The van der Waals surface area contributed by atoms with Crippen LogP contribution in [0.2, 0.25) is 0 Å². The van der Waals surface area contributed by atoms with E-state index in [0.29, 0.717) is 5.69 Å². The molecule has 1 amide bonds. The Morgan fingerprint density at radius 2 is 1.90 bits per heavy atom. The lowest BCUT2D eigenvalue weighted by Gasteiger charge is -2.05. The lowest BCUT2D eigenvalue weighted by Crippen LogP contribution is -2.13. The van der Waals surface area contributed by atoms with Gasteiger partial charge in [-0.25, -0.2) is 9.37 Å². The van der Waals surface area contributed by atoms with Crippen molar-refractivity contribution in [2.75, 3.05) is 5.32 Å². The third kappa shape index (κ3) is 2.77. The summed E-state index contributed by atoms with van der Waals surface area (Å²) in [6.07, 6.45) is 0.939. The third-order valence-electron chi connectivity index (χ3n) is 2.48. The second-order valence-electron chi connectivity index (χ2n) is 3.80. The summed E-state index contributed by atoms with van der Waals surface area (Å²) in [5.41, 5.74) is 0.800. The maximum Gasteiger partial charge on any atom is 0.274 e. The van der Waals surface area contributed by atoms with Gasteiger partial charge in [-0.1, -0.05) is 0 Å². The number of nitrogens with zero attached hydrogens (tertiary/aromatic N) is 3. The van der Waals surface area contributed by atoms with E-state index < -0.39 is 11.7 Å². The average Bonchev–Trinajstić information content (AvgIpc) is 2.47. The number of nitrogens with one attached hydrogen (secondary N) is 1. The highest BCUT2D eigenvalue weighted by Gasteiger charge is 2.09. The van der Waals surface area contributed by atoms with Gasteiger partial charge in [-0.2, -0.15) is 10.5 Å². The maximum absolute atomic E-state index is 12.7. The Morgan fingerprint density at radius 3 is 2.50 bits per heavy atom. The number of carbonyl (C=O) groups is 1. The van der Waals surface area contributed by atoms with Crippen LogP contribution in [0.3, 0.4) is 0 Å². The van der Waals surface area contributed by atoms with E-state index in [1.165, 1.54) is 24.3 Å². The van der Waals surface area contributed by atoms with Gasteiger partial charge in [0.15, 0.2) is 0 Å². The number of aromatic nitrogens is 1. The molecule has 0 saturated heterocycles. The molecular formula is C14H7FN4O. The molecule has 0 fully saturated rings. The average molecular weight is 266 g/mol. The van der Waals surface area contributed by atoms with Gasteiger partial charge in [-0.05, 0) is 30.3 Å². The summed E-state index contributed by atoms with van der Waals surface area (Å²) in [6, 6.07) is 10.4. The van der Waals surface area contributed by atoms with Crippen molar-refractivity contribution in [3.05, 3.63) is 59.2 Å². The van der Waals surface area contributed by atoms with Gasteiger partial charge in [0.05, 0.1) is 17.3 Å². The highest BCUT2D eigenvalue weighted by molar-refractivity contribution is 6.02. The number of hydrogen-bond acceptors (Lipinski definition) is 4. The zero-order chi connectivity index (χ0) is 14.5. The molecule has 20 heavy (non-hydrogen) atoms. The van der Waals surface area contributed by atoms with Crippen LogP contribution in [-0.4, -0.2) is 10.9 Å². The van der Waals surface area contributed by atoms with Crippen LogP contribution in [0.1, 0.15) is 21.6 Å². The highest BCUT2D eigenvalue weighted by Crippen LogP contribution is 2.15. The van der Waals surface area contributed by atoms with E-state index in [-0.39, 0.29) is 16.8 Å². The number of benzene rings is 1. The van der Waals surface area contributed by atoms with Crippen molar-refractivity contribution in [1.82, 2.24) is 4.98 Å². The molecule has 96 valence electrons. The summed E-state index contributed by atoms with van der Waals surface area (Å²) in [6.45, 7) is 0. The minimum atomic E-state index is -0.535. The lowest BCUT2D eigenvalue weighted by atomic mass is 10.1. The third-order valence-corrected chi connectivity index (χ3v) is 2.48. The number of anilines is 1. The number of nitriles is 2. The Balaban J connectivity index is 2.23. The van der Waals surface area contributed by atoms with Crippen molar-refractivity contribution in [1.29, 1.82) is 10.5 Å². The SMILES string of the molecule is N#Cc1ccc(NC(=O)c2ccc(F)cn2)cc1C#N. The Kier molecular flexibility index (Phi) is 3.69. The van der Waals surface area contributed by atoms with E-state index in [1.54, 1.807) is 0 Å². The Hall–Kier alpha value is -3.25. The first-order valence-corrected chi connectivity index (χ1v) is 5.51. The number of rotatable bonds is 2. The molecule has 1 aromatic carbocycles. The predicted octanol–water partition coefficient (Wildman–Crippen LogP) is 2.22. The van der Waals surface area contributed by atoms with E-state index in [1.807, 2.05) is 12.1 Å². The predicted molar refractivity (Wildman–Crippen MR) is 68.0 cm³/mol. The first kappa shape index (κ1) is 13.2. The topological polar surface area (TPSA) is 89.6 Å². The van der Waals surface area contributed by atoms with Crippen LogP contribution in [0, 0.1) is 28.5 Å². The number of pyridine rings is 1. The standard InChI is InChI=1S/C14H7FN4O/c15-11-2-4-13(18-8-11)14(20)19-12-3-1-9(6-16)10(5-12)7-17/h1-5,8H,(H,19,20). The number of halogens is 1. The van der Waals surface area contributed by atoms with Crippen LogP contribution < -0.4 is 5.32 Å². The Bertz CT molecular complexity index is 741. The number of carbonyl (C=O) groups excluding carboxylic acids is 1. The molecule has 2 rings (SSSR count). The van der Waals surface area contributed by atoms with E-state index >= 15 is 0 Å². The normalized spacial score (nSPS) is 9.35. The fourth-order valence-corrected chi connectivity index (χ4v) is 1.52. The lowest BCUT2D eigenvalue weighted by molar-refractivity contribution is 0.102. The van der Waals surface area contributed by atoms with Gasteiger partial charge >= 0.3 is 0 Å². The molecule has 1 aromatic heterocycles. The van der Waals surface area contributed by atoms with Gasteiger partial charge in [-0.15, -0.1) is 0 Å². The molecule has 2 aromatic rings. The molecule has 6 heteroatoms. The van der Waals surface area contributed by atoms with Crippen molar-refractivity contribution in [2.24, 2.45) is 0 Å². The van der Waals surface area contributed by atoms with Crippen LogP contribution in [0.5, 0.6) is 0 Å². The second kappa shape index (κ2) is 5.59. The zero-order valence-corrected chi connectivity index (χ0v) is 10.1. The monoisotopic (exact) mass is 266 g/mol. The molecule has 1 N–H and O–H groups in total. The second-order valence-corrected chi connectivity index (χ2v) is 3.80. The molecule has 0 atom stereocenters. The summed E-state index contributed by atoms with van der Waals surface area (Å²) in [4.78, 5) is 15.5. The van der Waals surface area contributed by atoms with Crippen LogP contribution in [-0.2, 0) is 0 Å². The Morgan fingerprint density at radius 1 is 1.15 bits per heavy atom.